The molecule has 20 heavy (non-hydrogen) atoms. The van der Waals surface area contributed by atoms with Gasteiger partial charge >= 0.3 is 0 Å². The van der Waals surface area contributed by atoms with Crippen LogP contribution in [0.4, 0.5) is 0 Å². The van der Waals surface area contributed by atoms with Crippen molar-refractivity contribution < 1.29 is 9.53 Å². The van der Waals surface area contributed by atoms with Crippen LogP contribution in [0.25, 0.3) is 0 Å². The molecule has 1 aromatic carbocycles. The molecule has 0 bridgehead atoms. The number of nitrogens with one attached hydrogen (secondary N) is 1. The first kappa shape index (κ1) is 15.5. The summed E-state index contributed by atoms with van der Waals surface area (Å²) in [5, 5.41) is 2.94. The molecule has 1 aromatic rings. The number of carbonyl (C=O) groups excluding carboxylic acids is 1. The maximum atomic E-state index is 11.8. The minimum Gasteiger partial charge on any atom is -0.378 e. The molecule has 3 nitrogen and oxygen atoms in total. The number of amides is 1. The van der Waals surface area contributed by atoms with Crippen LogP contribution in [-0.4, -0.2) is 25.2 Å². The van der Waals surface area contributed by atoms with Gasteiger partial charge in [0.05, 0.1) is 12.5 Å². The fraction of sp³-hybridized carbons (Fsp3) is 0.562. The maximum Gasteiger partial charge on any atom is 0.224 e. The number of ether oxygens (including phenoxy) is 1. The molecule has 0 spiro atoms. The molecule has 0 aliphatic heterocycles. The van der Waals surface area contributed by atoms with Gasteiger partial charge in [0.25, 0.3) is 0 Å². The predicted molar refractivity (Wildman–Crippen MR) is 83.7 cm³/mol. The second-order valence-corrected chi connectivity index (χ2v) is 6.20. The Morgan fingerprint density at radius 1 is 1.35 bits per heavy atom. The minimum absolute atomic E-state index is 0.0731. The molecule has 1 aliphatic rings. The highest BCUT2D eigenvalue weighted by Gasteiger charge is 2.14. The Bertz CT molecular complexity index is 430. The van der Waals surface area contributed by atoms with Crippen molar-refractivity contribution in [2.45, 2.75) is 44.6 Å². The third-order valence-electron chi connectivity index (χ3n) is 3.55. The summed E-state index contributed by atoms with van der Waals surface area (Å²) in [6.45, 7) is 1.45. The lowest BCUT2D eigenvalue weighted by Crippen LogP contribution is -2.27. The SMILES string of the molecule is O=C(Cc1cccc(Br)c1)NCCCOC1CCCC1. The average Bonchev–Trinajstić information content (AvgIpc) is 2.91. The van der Waals surface area contributed by atoms with Gasteiger partial charge in [-0.3, -0.25) is 4.79 Å². The van der Waals surface area contributed by atoms with Gasteiger partial charge in [-0.15, -0.1) is 0 Å². The first-order valence-electron chi connectivity index (χ1n) is 7.37. The van der Waals surface area contributed by atoms with Crippen LogP contribution in [0.2, 0.25) is 0 Å². The van der Waals surface area contributed by atoms with Gasteiger partial charge in [-0.1, -0.05) is 40.9 Å². The summed E-state index contributed by atoms with van der Waals surface area (Å²) >= 11 is 3.41. The summed E-state index contributed by atoms with van der Waals surface area (Å²) in [6, 6.07) is 7.85. The molecule has 0 heterocycles. The van der Waals surface area contributed by atoms with Crippen molar-refractivity contribution >= 4 is 21.8 Å². The fourth-order valence-corrected chi connectivity index (χ4v) is 2.95. The Morgan fingerprint density at radius 3 is 2.90 bits per heavy atom. The summed E-state index contributed by atoms with van der Waals surface area (Å²) in [5.74, 6) is 0.0731. The van der Waals surface area contributed by atoms with E-state index in [1.807, 2.05) is 24.3 Å². The second-order valence-electron chi connectivity index (χ2n) is 5.29. The quantitative estimate of drug-likeness (QED) is 0.772. The topological polar surface area (TPSA) is 38.3 Å². The predicted octanol–water partition coefficient (Wildman–Crippen LogP) is 3.46. The van der Waals surface area contributed by atoms with Crippen LogP contribution in [0.1, 0.15) is 37.7 Å². The third kappa shape index (κ3) is 5.63. The average molecular weight is 340 g/mol. The fourth-order valence-electron chi connectivity index (χ4n) is 2.50. The zero-order valence-corrected chi connectivity index (χ0v) is 13.3. The van der Waals surface area contributed by atoms with E-state index in [2.05, 4.69) is 21.2 Å². The number of carbonyl (C=O) groups is 1. The lowest BCUT2D eigenvalue weighted by Gasteiger charge is -2.11. The molecule has 0 radical (unpaired) electrons. The molecule has 0 saturated heterocycles. The van der Waals surface area contributed by atoms with E-state index in [1.165, 1.54) is 25.7 Å². The molecule has 0 unspecified atom stereocenters. The first-order chi connectivity index (χ1) is 9.74. The zero-order chi connectivity index (χ0) is 14.2. The van der Waals surface area contributed by atoms with Gasteiger partial charge in [-0.2, -0.15) is 0 Å². The van der Waals surface area contributed by atoms with E-state index in [1.54, 1.807) is 0 Å². The number of rotatable bonds is 7. The largest absolute Gasteiger partial charge is 0.378 e. The molecular weight excluding hydrogens is 318 g/mol. The molecule has 0 aromatic heterocycles. The molecule has 1 saturated carbocycles. The lowest BCUT2D eigenvalue weighted by atomic mass is 10.1. The van der Waals surface area contributed by atoms with E-state index < -0.39 is 0 Å². The highest BCUT2D eigenvalue weighted by molar-refractivity contribution is 9.10. The highest BCUT2D eigenvalue weighted by Crippen LogP contribution is 2.20. The molecule has 1 amide bonds. The molecule has 0 atom stereocenters. The van der Waals surface area contributed by atoms with Crippen LogP contribution in [0.3, 0.4) is 0 Å². The van der Waals surface area contributed by atoms with Crippen molar-refractivity contribution in [3.05, 3.63) is 34.3 Å². The van der Waals surface area contributed by atoms with E-state index in [0.717, 1.165) is 23.1 Å². The Morgan fingerprint density at radius 2 is 2.15 bits per heavy atom. The number of halogens is 1. The Hall–Kier alpha value is -0.870. The molecule has 4 heteroatoms. The molecule has 2 rings (SSSR count). The highest BCUT2D eigenvalue weighted by atomic mass is 79.9. The van der Waals surface area contributed by atoms with Crippen molar-refractivity contribution in [3.63, 3.8) is 0 Å². The first-order valence-corrected chi connectivity index (χ1v) is 8.16. The smallest absolute Gasteiger partial charge is 0.224 e. The Kier molecular flexibility index (Phi) is 6.54. The summed E-state index contributed by atoms with van der Waals surface area (Å²) in [4.78, 5) is 11.8. The van der Waals surface area contributed by atoms with E-state index >= 15 is 0 Å². The van der Waals surface area contributed by atoms with Crippen LogP contribution in [0.5, 0.6) is 0 Å². The van der Waals surface area contributed by atoms with Gasteiger partial charge < -0.3 is 10.1 Å². The maximum absolute atomic E-state index is 11.8. The third-order valence-corrected chi connectivity index (χ3v) is 4.05. The van der Waals surface area contributed by atoms with Crippen LogP contribution < -0.4 is 5.32 Å². The molecule has 1 fully saturated rings. The number of hydrogen-bond donors (Lipinski definition) is 1. The van der Waals surface area contributed by atoms with E-state index in [0.29, 0.717) is 19.1 Å². The van der Waals surface area contributed by atoms with Gasteiger partial charge in [-0.05, 0) is 37.0 Å². The van der Waals surface area contributed by atoms with Crippen molar-refractivity contribution in [3.8, 4) is 0 Å². The van der Waals surface area contributed by atoms with Crippen LogP contribution in [-0.2, 0) is 16.0 Å². The van der Waals surface area contributed by atoms with Gasteiger partial charge in [0.15, 0.2) is 0 Å². The van der Waals surface area contributed by atoms with Crippen LogP contribution >= 0.6 is 15.9 Å². The molecule has 1 aliphatic carbocycles. The lowest BCUT2D eigenvalue weighted by molar-refractivity contribution is -0.120. The Balaban J connectivity index is 1.55. The summed E-state index contributed by atoms with van der Waals surface area (Å²) in [6.07, 6.45) is 6.79. The van der Waals surface area contributed by atoms with E-state index in [-0.39, 0.29) is 5.91 Å². The van der Waals surface area contributed by atoms with Crippen LogP contribution in [0, 0.1) is 0 Å². The Labute approximate surface area is 129 Å². The van der Waals surface area contributed by atoms with Crippen molar-refractivity contribution in [1.29, 1.82) is 0 Å². The van der Waals surface area contributed by atoms with Crippen molar-refractivity contribution in [2.24, 2.45) is 0 Å². The van der Waals surface area contributed by atoms with E-state index in [4.69, 9.17) is 4.74 Å². The van der Waals surface area contributed by atoms with Crippen molar-refractivity contribution in [2.75, 3.05) is 13.2 Å². The van der Waals surface area contributed by atoms with Crippen LogP contribution in [0.15, 0.2) is 28.7 Å². The number of benzene rings is 1. The van der Waals surface area contributed by atoms with E-state index in [9.17, 15) is 4.79 Å². The summed E-state index contributed by atoms with van der Waals surface area (Å²) in [7, 11) is 0. The van der Waals surface area contributed by atoms with Crippen molar-refractivity contribution in [1.82, 2.24) is 5.32 Å². The zero-order valence-electron chi connectivity index (χ0n) is 11.7. The number of hydrogen-bond acceptors (Lipinski definition) is 2. The van der Waals surface area contributed by atoms with Gasteiger partial charge in [0, 0.05) is 17.6 Å². The van der Waals surface area contributed by atoms with Gasteiger partial charge in [0.2, 0.25) is 5.91 Å². The summed E-state index contributed by atoms with van der Waals surface area (Å²) in [5.41, 5.74) is 1.03. The van der Waals surface area contributed by atoms with Gasteiger partial charge in [-0.25, -0.2) is 0 Å². The normalized spacial score (nSPS) is 15.4. The summed E-state index contributed by atoms with van der Waals surface area (Å²) < 4.78 is 6.77. The minimum atomic E-state index is 0.0731. The van der Waals surface area contributed by atoms with Gasteiger partial charge in [0.1, 0.15) is 0 Å². The molecular formula is C16H22BrNO2. The molecule has 1 N–H and O–H groups in total. The monoisotopic (exact) mass is 339 g/mol. The standard InChI is InChI=1S/C16H22BrNO2/c17-14-6-3-5-13(11-14)12-16(19)18-9-4-10-20-15-7-1-2-8-15/h3,5-6,11,15H,1-2,4,7-10,12H2,(H,18,19). The molecule has 110 valence electrons. The second kappa shape index (κ2) is 8.42.